The Labute approximate surface area is 169 Å². The van der Waals surface area contributed by atoms with Crippen molar-refractivity contribution in [1.29, 1.82) is 0 Å². The second-order valence-electron chi connectivity index (χ2n) is 6.38. The van der Waals surface area contributed by atoms with Crippen molar-refractivity contribution < 1.29 is 9.66 Å². The van der Waals surface area contributed by atoms with Crippen LogP contribution in [0.4, 0.5) is 5.69 Å². The van der Waals surface area contributed by atoms with Gasteiger partial charge in [-0.25, -0.2) is 4.98 Å². The third kappa shape index (κ3) is 3.78. The van der Waals surface area contributed by atoms with Crippen molar-refractivity contribution in [2.24, 2.45) is 5.10 Å². The fraction of sp³-hybridized carbons (Fsp3) is 0.100. The maximum atomic E-state index is 12.5. The number of nitro groups is 1. The molecule has 0 bridgehead atoms. The number of ether oxygens (including phenoxy) is 1. The van der Waals surface area contributed by atoms with Crippen molar-refractivity contribution in [2.45, 2.75) is 6.54 Å². The highest BCUT2D eigenvalue weighted by Crippen LogP contribution is 2.21. The Hall–Kier alpha value is -4.34. The third-order valence-corrected chi connectivity index (χ3v) is 4.45. The average molecular weight is 404 g/mol. The molecule has 150 valence electrons. The Morgan fingerprint density at radius 1 is 1.27 bits per heavy atom. The molecular weight excluding hydrogens is 388 g/mol. The van der Waals surface area contributed by atoms with E-state index >= 15 is 0 Å². The molecule has 2 aromatic heterocycles. The van der Waals surface area contributed by atoms with Crippen LogP contribution in [0.2, 0.25) is 0 Å². The van der Waals surface area contributed by atoms with Crippen LogP contribution < -0.4 is 10.3 Å². The minimum Gasteiger partial charge on any atom is -0.496 e. The molecule has 0 N–H and O–H groups in total. The van der Waals surface area contributed by atoms with Crippen molar-refractivity contribution >= 4 is 22.8 Å². The van der Waals surface area contributed by atoms with E-state index in [1.54, 1.807) is 37.4 Å². The average Bonchev–Trinajstić information content (AvgIpc) is 3.22. The molecule has 2 heterocycles. The fourth-order valence-electron chi connectivity index (χ4n) is 2.98. The smallest absolute Gasteiger partial charge is 0.307 e. The van der Waals surface area contributed by atoms with E-state index in [0.717, 1.165) is 5.56 Å². The summed E-state index contributed by atoms with van der Waals surface area (Å²) in [5.41, 5.74) is 1.72. The van der Waals surface area contributed by atoms with Crippen LogP contribution in [0.3, 0.4) is 0 Å². The van der Waals surface area contributed by atoms with Crippen molar-refractivity contribution in [2.75, 3.05) is 7.11 Å². The van der Waals surface area contributed by atoms with Crippen LogP contribution in [0.5, 0.6) is 5.75 Å². The first kappa shape index (κ1) is 19.0. The largest absolute Gasteiger partial charge is 0.496 e. The number of rotatable bonds is 6. The van der Waals surface area contributed by atoms with E-state index in [-0.39, 0.29) is 17.8 Å². The van der Waals surface area contributed by atoms with E-state index < -0.39 is 4.92 Å². The fourth-order valence-corrected chi connectivity index (χ4v) is 2.98. The van der Waals surface area contributed by atoms with E-state index in [1.807, 2.05) is 12.1 Å². The highest BCUT2D eigenvalue weighted by Gasteiger charge is 2.11. The topological polar surface area (TPSA) is 117 Å². The lowest BCUT2D eigenvalue weighted by molar-refractivity contribution is -0.385. The number of para-hydroxylation sites is 1. The molecule has 0 radical (unpaired) electrons. The molecule has 10 heteroatoms. The SMILES string of the molecule is COc1ccc(/C=N/n2cnc3ccccc3c2=O)cc1Cn1cc([N+](=O)[O-])cn1. The number of hydrogen-bond acceptors (Lipinski definition) is 7. The number of fused-ring (bicyclic) bond motifs is 1. The van der Waals surface area contributed by atoms with Gasteiger partial charge in [-0.3, -0.25) is 19.6 Å². The Kier molecular flexibility index (Phi) is 5.04. The lowest BCUT2D eigenvalue weighted by atomic mass is 10.1. The first-order chi connectivity index (χ1) is 14.5. The van der Waals surface area contributed by atoms with Crippen LogP contribution in [-0.4, -0.2) is 37.7 Å². The van der Waals surface area contributed by atoms with Gasteiger partial charge in [0.25, 0.3) is 5.56 Å². The number of benzene rings is 2. The summed E-state index contributed by atoms with van der Waals surface area (Å²) in [6, 6.07) is 12.4. The van der Waals surface area contributed by atoms with Gasteiger partial charge in [0, 0.05) is 5.56 Å². The minimum absolute atomic E-state index is 0.0881. The third-order valence-electron chi connectivity index (χ3n) is 4.45. The number of methoxy groups -OCH3 is 1. The Morgan fingerprint density at radius 3 is 2.87 bits per heavy atom. The van der Waals surface area contributed by atoms with Gasteiger partial charge < -0.3 is 4.74 Å². The summed E-state index contributed by atoms with van der Waals surface area (Å²) in [7, 11) is 1.54. The summed E-state index contributed by atoms with van der Waals surface area (Å²) in [5.74, 6) is 0.606. The molecule has 30 heavy (non-hydrogen) atoms. The van der Waals surface area contributed by atoms with E-state index in [0.29, 0.717) is 22.2 Å². The van der Waals surface area contributed by atoms with Crippen molar-refractivity contribution in [3.8, 4) is 5.75 Å². The molecule has 0 aliphatic rings. The second-order valence-corrected chi connectivity index (χ2v) is 6.38. The van der Waals surface area contributed by atoms with Gasteiger partial charge in [-0.15, -0.1) is 0 Å². The zero-order chi connectivity index (χ0) is 21.1. The number of aromatic nitrogens is 4. The molecule has 4 aromatic rings. The van der Waals surface area contributed by atoms with Crippen molar-refractivity contribution in [3.05, 3.63) is 92.8 Å². The van der Waals surface area contributed by atoms with Crippen LogP contribution in [0.1, 0.15) is 11.1 Å². The monoisotopic (exact) mass is 404 g/mol. The van der Waals surface area contributed by atoms with Crippen LogP contribution in [-0.2, 0) is 6.54 Å². The van der Waals surface area contributed by atoms with Gasteiger partial charge >= 0.3 is 5.69 Å². The Bertz CT molecular complexity index is 1320. The first-order valence-corrected chi connectivity index (χ1v) is 8.89. The van der Waals surface area contributed by atoms with Crippen LogP contribution in [0.25, 0.3) is 10.9 Å². The molecule has 0 unspecified atom stereocenters. The van der Waals surface area contributed by atoms with E-state index in [1.165, 1.54) is 34.3 Å². The number of hydrogen-bond donors (Lipinski definition) is 0. The van der Waals surface area contributed by atoms with Gasteiger partial charge in [-0.2, -0.15) is 14.9 Å². The lowest BCUT2D eigenvalue weighted by Crippen LogP contribution is -2.17. The molecule has 2 aromatic carbocycles. The summed E-state index contributed by atoms with van der Waals surface area (Å²) in [6.45, 7) is 0.274. The van der Waals surface area contributed by atoms with Gasteiger partial charge in [-0.1, -0.05) is 12.1 Å². The van der Waals surface area contributed by atoms with Crippen LogP contribution >= 0.6 is 0 Å². The molecule has 0 aliphatic heterocycles. The summed E-state index contributed by atoms with van der Waals surface area (Å²) in [4.78, 5) is 27.1. The van der Waals surface area contributed by atoms with Gasteiger partial charge in [0.15, 0.2) is 0 Å². The highest BCUT2D eigenvalue weighted by atomic mass is 16.6. The molecule has 0 saturated heterocycles. The standard InChI is InChI=1S/C20H16N6O4/c1-30-19-7-6-14(8-15(19)11-24-12-16(10-22-24)26(28)29)9-23-25-13-21-18-5-3-2-4-17(18)20(25)27/h2-10,12-13H,11H2,1H3/b23-9+. The normalized spacial score (nSPS) is 11.2. The Morgan fingerprint density at radius 2 is 2.10 bits per heavy atom. The molecule has 0 spiro atoms. The van der Waals surface area contributed by atoms with Crippen LogP contribution in [0, 0.1) is 10.1 Å². The maximum absolute atomic E-state index is 12.5. The maximum Gasteiger partial charge on any atom is 0.307 e. The van der Waals surface area contributed by atoms with Crippen molar-refractivity contribution in [1.82, 2.24) is 19.4 Å². The van der Waals surface area contributed by atoms with Gasteiger partial charge in [0.2, 0.25) is 0 Å². The molecule has 10 nitrogen and oxygen atoms in total. The zero-order valence-corrected chi connectivity index (χ0v) is 15.9. The first-order valence-electron chi connectivity index (χ1n) is 8.89. The predicted molar refractivity (Wildman–Crippen MR) is 110 cm³/mol. The van der Waals surface area contributed by atoms with E-state index in [9.17, 15) is 14.9 Å². The zero-order valence-electron chi connectivity index (χ0n) is 15.9. The molecule has 0 fully saturated rings. The van der Waals surface area contributed by atoms with Gasteiger partial charge in [-0.05, 0) is 35.9 Å². The van der Waals surface area contributed by atoms with Gasteiger partial charge in [0.05, 0.1) is 35.7 Å². The molecule has 0 amide bonds. The Balaban J connectivity index is 1.63. The summed E-state index contributed by atoms with van der Waals surface area (Å²) < 4.78 is 7.99. The predicted octanol–water partition coefficient (Wildman–Crippen LogP) is 2.44. The quantitative estimate of drug-likeness (QED) is 0.277. The van der Waals surface area contributed by atoms with Crippen LogP contribution in [0.15, 0.2) is 71.1 Å². The molecule has 0 atom stereocenters. The van der Waals surface area contributed by atoms with E-state index in [2.05, 4.69) is 15.2 Å². The minimum atomic E-state index is -0.501. The highest BCUT2D eigenvalue weighted by molar-refractivity contribution is 5.81. The number of nitrogens with zero attached hydrogens (tertiary/aromatic N) is 6. The summed E-state index contributed by atoms with van der Waals surface area (Å²) >= 11 is 0. The molecule has 0 saturated carbocycles. The summed E-state index contributed by atoms with van der Waals surface area (Å²) in [5, 5.41) is 19.6. The van der Waals surface area contributed by atoms with E-state index in [4.69, 9.17) is 4.74 Å². The second kappa shape index (κ2) is 7.95. The lowest BCUT2D eigenvalue weighted by Gasteiger charge is -2.09. The molecule has 0 aliphatic carbocycles. The molecule has 4 rings (SSSR count). The summed E-state index contributed by atoms with van der Waals surface area (Å²) in [6.07, 6.45) is 5.44. The van der Waals surface area contributed by atoms with Crippen molar-refractivity contribution in [3.63, 3.8) is 0 Å². The molecular formula is C20H16N6O4. The van der Waals surface area contributed by atoms with Gasteiger partial charge in [0.1, 0.15) is 24.5 Å².